The third-order valence-electron chi connectivity index (χ3n) is 5.89. The van der Waals surface area contributed by atoms with E-state index < -0.39 is 16.1 Å². The molecule has 2 N–H and O–H groups in total. The highest BCUT2D eigenvalue weighted by molar-refractivity contribution is 7.89. The number of carbonyl (C=O) groups excluding carboxylic acids is 1. The zero-order valence-electron chi connectivity index (χ0n) is 18.7. The number of para-hydroxylation sites is 1. The molecule has 1 fully saturated rings. The summed E-state index contributed by atoms with van der Waals surface area (Å²) in [5.41, 5.74) is 2.47. The van der Waals surface area contributed by atoms with Crippen LogP contribution in [-0.2, 0) is 19.6 Å². The number of benzene rings is 3. The van der Waals surface area contributed by atoms with Crippen LogP contribution in [0.25, 0.3) is 21.8 Å². The molecule has 0 aliphatic carbocycles. The molecule has 1 aromatic heterocycles. The number of fused-ring (bicyclic) bond motifs is 3. The number of aromatic amines is 1. The van der Waals surface area contributed by atoms with Gasteiger partial charge in [0.05, 0.1) is 23.6 Å². The molecule has 0 spiro atoms. The Morgan fingerprint density at radius 2 is 1.71 bits per heavy atom. The standard InChI is InChI=1S/C25H25N3O5S/c1-17(33-19-8-11-22-21-4-2-3-5-23(21)27-24(22)16-19)25(29)26-18-6-9-20(10-7-18)34(30,31)28-12-14-32-15-13-28/h2-11,16-17,27H,12-15H2,1H3,(H,26,29)/t17-/m1/s1. The van der Waals surface area contributed by atoms with Crippen LogP contribution in [0.3, 0.4) is 0 Å². The quantitative estimate of drug-likeness (QED) is 0.439. The molecule has 1 atom stereocenters. The van der Waals surface area contributed by atoms with E-state index >= 15 is 0 Å². The van der Waals surface area contributed by atoms with Gasteiger partial charge in [0.25, 0.3) is 5.91 Å². The lowest BCUT2D eigenvalue weighted by Crippen LogP contribution is -2.40. The number of H-pyrrole nitrogens is 1. The molecule has 1 aliphatic rings. The van der Waals surface area contributed by atoms with Crippen LogP contribution in [0.2, 0.25) is 0 Å². The van der Waals surface area contributed by atoms with Gasteiger partial charge in [-0.15, -0.1) is 0 Å². The lowest BCUT2D eigenvalue weighted by atomic mass is 10.1. The summed E-state index contributed by atoms with van der Waals surface area (Å²) in [4.78, 5) is 16.2. The molecule has 2 heterocycles. The number of anilines is 1. The Kier molecular flexibility index (Phi) is 5.99. The molecule has 0 saturated carbocycles. The summed E-state index contributed by atoms with van der Waals surface area (Å²) in [5, 5.41) is 5.00. The molecule has 4 aromatic rings. The molecule has 8 nitrogen and oxygen atoms in total. The summed E-state index contributed by atoms with van der Waals surface area (Å²) < 4.78 is 38.0. The molecular formula is C25H25N3O5S. The van der Waals surface area contributed by atoms with Crippen LogP contribution in [0.5, 0.6) is 5.75 Å². The Balaban J connectivity index is 1.24. The first-order valence-corrected chi connectivity index (χ1v) is 12.5. The van der Waals surface area contributed by atoms with Gasteiger partial charge in [-0.25, -0.2) is 8.42 Å². The van der Waals surface area contributed by atoms with E-state index in [4.69, 9.17) is 9.47 Å². The number of sulfonamides is 1. The molecule has 9 heteroatoms. The van der Waals surface area contributed by atoms with Gasteiger partial charge >= 0.3 is 0 Å². The second-order valence-electron chi connectivity index (χ2n) is 8.17. The third-order valence-corrected chi connectivity index (χ3v) is 7.80. The Morgan fingerprint density at radius 3 is 2.47 bits per heavy atom. The number of morpholine rings is 1. The van der Waals surface area contributed by atoms with Gasteiger partial charge in [0.15, 0.2) is 6.10 Å². The van der Waals surface area contributed by atoms with Crippen molar-refractivity contribution < 1.29 is 22.7 Å². The van der Waals surface area contributed by atoms with E-state index in [-0.39, 0.29) is 10.8 Å². The molecule has 5 rings (SSSR count). The van der Waals surface area contributed by atoms with Gasteiger partial charge in [0, 0.05) is 41.1 Å². The minimum Gasteiger partial charge on any atom is -0.481 e. The number of hydrogen-bond donors (Lipinski definition) is 2. The zero-order valence-corrected chi connectivity index (χ0v) is 19.5. The number of hydrogen-bond acceptors (Lipinski definition) is 5. The van der Waals surface area contributed by atoms with Gasteiger partial charge in [-0.2, -0.15) is 4.31 Å². The van der Waals surface area contributed by atoms with Crippen molar-refractivity contribution in [3.8, 4) is 5.75 Å². The lowest BCUT2D eigenvalue weighted by molar-refractivity contribution is -0.122. The van der Waals surface area contributed by atoms with E-state index in [1.807, 2.05) is 36.4 Å². The number of rotatable bonds is 6. The van der Waals surface area contributed by atoms with E-state index in [9.17, 15) is 13.2 Å². The van der Waals surface area contributed by atoms with Gasteiger partial charge < -0.3 is 19.8 Å². The number of aromatic nitrogens is 1. The van der Waals surface area contributed by atoms with Crippen molar-refractivity contribution >= 4 is 43.4 Å². The second-order valence-corrected chi connectivity index (χ2v) is 10.1. The number of amides is 1. The third kappa shape index (κ3) is 4.37. The first kappa shape index (κ1) is 22.4. The van der Waals surface area contributed by atoms with Gasteiger partial charge in [-0.1, -0.05) is 18.2 Å². The van der Waals surface area contributed by atoms with E-state index in [2.05, 4.69) is 16.4 Å². The van der Waals surface area contributed by atoms with Crippen molar-refractivity contribution in [2.24, 2.45) is 0 Å². The summed E-state index contributed by atoms with van der Waals surface area (Å²) in [7, 11) is -3.58. The molecule has 1 aliphatic heterocycles. The molecule has 0 unspecified atom stereocenters. The highest BCUT2D eigenvalue weighted by atomic mass is 32.2. The maximum Gasteiger partial charge on any atom is 0.265 e. The average Bonchev–Trinajstić information content (AvgIpc) is 3.22. The summed E-state index contributed by atoms with van der Waals surface area (Å²) >= 11 is 0. The van der Waals surface area contributed by atoms with Crippen molar-refractivity contribution in [1.82, 2.24) is 9.29 Å². The van der Waals surface area contributed by atoms with E-state index in [1.54, 1.807) is 19.1 Å². The number of nitrogens with zero attached hydrogens (tertiary/aromatic N) is 1. The van der Waals surface area contributed by atoms with Crippen molar-refractivity contribution in [3.63, 3.8) is 0 Å². The van der Waals surface area contributed by atoms with Crippen LogP contribution < -0.4 is 10.1 Å². The maximum absolute atomic E-state index is 12.7. The minimum atomic E-state index is -3.58. The fraction of sp³-hybridized carbons (Fsp3) is 0.240. The molecule has 0 bridgehead atoms. The summed E-state index contributed by atoms with van der Waals surface area (Å²) in [6.45, 7) is 3.11. The molecule has 1 saturated heterocycles. The average molecular weight is 480 g/mol. The van der Waals surface area contributed by atoms with E-state index in [1.165, 1.54) is 16.4 Å². The maximum atomic E-state index is 12.7. The zero-order chi connectivity index (χ0) is 23.7. The smallest absolute Gasteiger partial charge is 0.265 e. The topological polar surface area (TPSA) is 101 Å². The van der Waals surface area contributed by atoms with Gasteiger partial charge in [0.2, 0.25) is 10.0 Å². The first-order chi connectivity index (χ1) is 16.4. The van der Waals surface area contributed by atoms with Crippen LogP contribution in [0.15, 0.2) is 71.6 Å². The fourth-order valence-electron chi connectivity index (χ4n) is 4.05. The van der Waals surface area contributed by atoms with Gasteiger partial charge in [-0.05, 0) is 49.4 Å². The van der Waals surface area contributed by atoms with Crippen LogP contribution >= 0.6 is 0 Å². The van der Waals surface area contributed by atoms with Crippen LogP contribution in [0, 0.1) is 0 Å². The van der Waals surface area contributed by atoms with Crippen LogP contribution in [-0.4, -0.2) is 56.0 Å². The lowest BCUT2D eigenvalue weighted by Gasteiger charge is -2.26. The van der Waals surface area contributed by atoms with Crippen molar-refractivity contribution in [2.45, 2.75) is 17.9 Å². The molecule has 34 heavy (non-hydrogen) atoms. The molecule has 3 aromatic carbocycles. The predicted octanol–water partition coefficient (Wildman–Crippen LogP) is 3.75. The highest BCUT2D eigenvalue weighted by Crippen LogP contribution is 2.28. The Bertz CT molecular complexity index is 1440. The Labute approximate surface area is 197 Å². The number of nitrogens with one attached hydrogen (secondary N) is 2. The predicted molar refractivity (Wildman–Crippen MR) is 131 cm³/mol. The largest absolute Gasteiger partial charge is 0.481 e. The molecule has 176 valence electrons. The van der Waals surface area contributed by atoms with Crippen LogP contribution in [0.4, 0.5) is 5.69 Å². The highest BCUT2D eigenvalue weighted by Gasteiger charge is 2.26. The molecule has 0 radical (unpaired) electrons. The minimum absolute atomic E-state index is 0.184. The summed E-state index contributed by atoms with van der Waals surface area (Å²) in [5.74, 6) is 0.245. The number of carbonyl (C=O) groups is 1. The van der Waals surface area contributed by atoms with Crippen molar-refractivity contribution in [3.05, 3.63) is 66.7 Å². The van der Waals surface area contributed by atoms with Crippen LogP contribution in [0.1, 0.15) is 6.92 Å². The fourth-order valence-corrected chi connectivity index (χ4v) is 5.46. The Hall–Kier alpha value is -3.40. The van der Waals surface area contributed by atoms with E-state index in [0.717, 1.165) is 21.8 Å². The van der Waals surface area contributed by atoms with Crippen molar-refractivity contribution in [1.29, 1.82) is 0 Å². The van der Waals surface area contributed by atoms with Gasteiger partial charge in [0.1, 0.15) is 5.75 Å². The summed E-state index contributed by atoms with van der Waals surface area (Å²) in [6, 6.07) is 19.9. The number of ether oxygens (including phenoxy) is 2. The van der Waals surface area contributed by atoms with E-state index in [0.29, 0.717) is 37.7 Å². The van der Waals surface area contributed by atoms with Crippen molar-refractivity contribution in [2.75, 3.05) is 31.6 Å². The molecule has 1 amide bonds. The Morgan fingerprint density at radius 1 is 1.00 bits per heavy atom. The SMILES string of the molecule is C[C@@H](Oc1ccc2c(c1)[nH]c1ccccc12)C(=O)Nc1ccc(S(=O)(=O)N2CCOCC2)cc1. The van der Waals surface area contributed by atoms with Gasteiger partial charge in [-0.3, -0.25) is 4.79 Å². The monoisotopic (exact) mass is 479 g/mol. The first-order valence-electron chi connectivity index (χ1n) is 11.1. The normalized spacial score (nSPS) is 15.9. The summed E-state index contributed by atoms with van der Waals surface area (Å²) in [6.07, 6.45) is -0.751. The molecular weight excluding hydrogens is 454 g/mol. The second kappa shape index (κ2) is 9.09.